The fourth-order valence-electron chi connectivity index (χ4n) is 3.85. The van der Waals surface area contributed by atoms with E-state index in [1.165, 1.54) is 17.8 Å². The highest BCUT2D eigenvalue weighted by molar-refractivity contribution is 5.98. The van der Waals surface area contributed by atoms with E-state index in [0.29, 0.717) is 18.8 Å². The zero-order chi connectivity index (χ0) is 21.1. The Morgan fingerprint density at radius 2 is 2.20 bits per heavy atom. The first-order chi connectivity index (χ1) is 14.5. The van der Waals surface area contributed by atoms with Gasteiger partial charge in [0.15, 0.2) is 0 Å². The van der Waals surface area contributed by atoms with E-state index < -0.39 is 5.97 Å². The van der Waals surface area contributed by atoms with Gasteiger partial charge >= 0.3 is 5.97 Å². The van der Waals surface area contributed by atoms with Gasteiger partial charge in [-0.2, -0.15) is 0 Å². The van der Waals surface area contributed by atoms with Crippen LogP contribution in [0.4, 0.5) is 11.4 Å². The van der Waals surface area contributed by atoms with Gasteiger partial charge in [-0.3, -0.25) is 4.98 Å². The summed E-state index contributed by atoms with van der Waals surface area (Å²) in [6.45, 7) is 3.36. The summed E-state index contributed by atoms with van der Waals surface area (Å²) in [4.78, 5) is 22.1. The van der Waals surface area contributed by atoms with Crippen molar-refractivity contribution in [1.29, 1.82) is 0 Å². The van der Waals surface area contributed by atoms with Crippen molar-refractivity contribution in [1.82, 2.24) is 4.98 Å². The molecule has 2 aliphatic rings. The highest BCUT2D eigenvalue weighted by Gasteiger charge is 2.23. The SMILES string of the molecule is CC1=CN=C(N(C)c2ccc3c(c2)OCC[C@H]3CNc2cnccc2C(=O)O)CC1. The maximum Gasteiger partial charge on any atom is 0.337 e. The number of hydrogen-bond acceptors (Lipinski definition) is 6. The van der Waals surface area contributed by atoms with Crippen LogP contribution in [0.25, 0.3) is 0 Å². The maximum atomic E-state index is 11.4. The Kier molecular flexibility index (Phi) is 5.70. The molecule has 1 atom stereocenters. The molecule has 0 amide bonds. The van der Waals surface area contributed by atoms with E-state index in [4.69, 9.17) is 4.74 Å². The molecule has 7 heteroatoms. The van der Waals surface area contributed by atoms with Crippen molar-refractivity contribution in [2.24, 2.45) is 4.99 Å². The minimum absolute atomic E-state index is 0.229. The van der Waals surface area contributed by atoms with Crippen LogP contribution in [0.3, 0.4) is 0 Å². The van der Waals surface area contributed by atoms with Gasteiger partial charge in [0.2, 0.25) is 0 Å². The van der Waals surface area contributed by atoms with Crippen LogP contribution in [-0.2, 0) is 0 Å². The molecular weight excluding hydrogens is 380 g/mol. The van der Waals surface area contributed by atoms with Crippen molar-refractivity contribution in [2.75, 3.05) is 30.4 Å². The van der Waals surface area contributed by atoms with Crippen molar-refractivity contribution in [3.05, 3.63) is 59.6 Å². The Balaban J connectivity index is 1.51. The zero-order valence-corrected chi connectivity index (χ0v) is 17.3. The number of aromatic nitrogens is 1. The molecule has 156 valence electrons. The van der Waals surface area contributed by atoms with Crippen molar-refractivity contribution in [3.8, 4) is 5.75 Å². The molecule has 0 saturated heterocycles. The number of nitrogens with zero attached hydrogens (tertiary/aromatic N) is 3. The summed E-state index contributed by atoms with van der Waals surface area (Å²) in [6, 6.07) is 7.79. The fraction of sp³-hybridized carbons (Fsp3) is 0.348. The van der Waals surface area contributed by atoms with Crippen LogP contribution < -0.4 is 15.0 Å². The Bertz CT molecular complexity index is 1020. The minimum Gasteiger partial charge on any atom is -0.493 e. The second-order valence-electron chi connectivity index (χ2n) is 7.74. The molecule has 0 aliphatic carbocycles. The van der Waals surface area contributed by atoms with Crippen LogP contribution in [-0.4, -0.2) is 42.1 Å². The third kappa shape index (κ3) is 4.15. The lowest BCUT2D eigenvalue weighted by Crippen LogP contribution is -2.28. The van der Waals surface area contributed by atoms with Gasteiger partial charge in [0.25, 0.3) is 0 Å². The van der Waals surface area contributed by atoms with Crippen LogP contribution in [0.1, 0.15) is 48.0 Å². The Morgan fingerprint density at radius 1 is 1.33 bits per heavy atom. The molecule has 7 nitrogen and oxygen atoms in total. The number of anilines is 2. The second-order valence-corrected chi connectivity index (χ2v) is 7.74. The third-order valence-corrected chi connectivity index (χ3v) is 5.70. The predicted molar refractivity (Wildman–Crippen MR) is 118 cm³/mol. The molecule has 0 radical (unpaired) electrons. The number of aromatic carboxylic acids is 1. The van der Waals surface area contributed by atoms with Crippen LogP contribution in [0, 0.1) is 0 Å². The fourth-order valence-corrected chi connectivity index (χ4v) is 3.85. The van der Waals surface area contributed by atoms with Crippen molar-refractivity contribution < 1.29 is 14.6 Å². The second kappa shape index (κ2) is 8.57. The predicted octanol–water partition coefficient (Wildman–Crippen LogP) is 4.29. The molecule has 0 saturated carbocycles. The highest BCUT2D eigenvalue weighted by Crippen LogP contribution is 2.37. The van der Waals surface area contributed by atoms with E-state index in [-0.39, 0.29) is 11.5 Å². The number of aliphatic imine (C=N–C) groups is 1. The molecule has 3 heterocycles. The topological polar surface area (TPSA) is 87.0 Å². The number of carbonyl (C=O) groups is 1. The van der Waals surface area contributed by atoms with Crippen molar-refractivity contribution in [2.45, 2.75) is 32.1 Å². The van der Waals surface area contributed by atoms with Crippen LogP contribution in [0.5, 0.6) is 5.75 Å². The number of allylic oxidation sites excluding steroid dienone is 1. The Hall–Kier alpha value is -3.35. The number of hydrogen-bond donors (Lipinski definition) is 2. The summed E-state index contributed by atoms with van der Waals surface area (Å²) in [6.07, 6.45) is 7.82. The van der Waals surface area contributed by atoms with E-state index in [1.54, 1.807) is 6.20 Å². The lowest BCUT2D eigenvalue weighted by molar-refractivity contribution is 0.0697. The molecule has 0 fully saturated rings. The molecule has 30 heavy (non-hydrogen) atoms. The summed E-state index contributed by atoms with van der Waals surface area (Å²) in [5.41, 5.74) is 4.25. The normalized spacial score (nSPS) is 17.9. The number of ether oxygens (including phenoxy) is 1. The number of nitrogens with one attached hydrogen (secondary N) is 1. The van der Waals surface area contributed by atoms with Crippen LogP contribution in [0.15, 0.2) is 53.4 Å². The maximum absolute atomic E-state index is 11.4. The molecule has 4 rings (SSSR count). The van der Waals surface area contributed by atoms with E-state index in [9.17, 15) is 9.90 Å². The van der Waals surface area contributed by atoms with Crippen molar-refractivity contribution in [3.63, 3.8) is 0 Å². The van der Waals surface area contributed by atoms with E-state index in [0.717, 1.165) is 42.1 Å². The average Bonchev–Trinajstić information content (AvgIpc) is 2.77. The molecule has 2 N–H and O–H groups in total. The average molecular weight is 406 g/mol. The van der Waals surface area contributed by atoms with Gasteiger partial charge in [0.1, 0.15) is 11.6 Å². The quantitative estimate of drug-likeness (QED) is 0.770. The zero-order valence-electron chi connectivity index (χ0n) is 17.3. The number of rotatable bonds is 5. The first kappa shape index (κ1) is 19.9. The molecule has 0 spiro atoms. The number of fused-ring (bicyclic) bond motifs is 1. The van der Waals surface area contributed by atoms with Gasteiger partial charge in [-0.15, -0.1) is 0 Å². The number of amidine groups is 1. The molecule has 1 aromatic carbocycles. The van der Waals surface area contributed by atoms with Gasteiger partial charge in [-0.1, -0.05) is 11.6 Å². The first-order valence-corrected chi connectivity index (χ1v) is 10.2. The number of benzene rings is 1. The largest absolute Gasteiger partial charge is 0.493 e. The summed E-state index contributed by atoms with van der Waals surface area (Å²) in [5.74, 6) is 1.20. The Labute approximate surface area is 176 Å². The third-order valence-electron chi connectivity index (χ3n) is 5.70. The molecule has 1 aromatic heterocycles. The van der Waals surface area contributed by atoms with E-state index >= 15 is 0 Å². The van der Waals surface area contributed by atoms with Gasteiger partial charge in [-0.05, 0) is 37.5 Å². The van der Waals surface area contributed by atoms with E-state index in [1.807, 2.05) is 13.2 Å². The summed E-state index contributed by atoms with van der Waals surface area (Å²) >= 11 is 0. The summed E-state index contributed by atoms with van der Waals surface area (Å²) in [5, 5.41) is 12.6. The van der Waals surface area contributed by atoms with E-state index in [2.05, 4.69) is 45.3 Å². The standard InChI is InChI=1S/C23H26N4O3/c1-15-3-6-22(26-12-15)27(2)17-4-5-18-16(8-10-30-21(18)11-17)13-25-20-14-24-9-7-19(20)23(28)29/h4-5,7,9,11-12,14,16,25H,3,6,8,10,13H2,1-2H3,(H,28,29)/t16-/m0/s1. The van der Waals surface area contributed by atoms with Gasteiger partial charge in [0.05, 0.1) is 24.1 Å². The Morgan fingerprint density at radius 3 is 2.97 bits per heavy atom. The smallest absolute Gasteiger partial charge is 0.337 e. The summed E-state index contributed by atoms with van der Waals surface area (Å²) in [7, 11) is 2.03. The lowest BCUT2D eigenvalue weighted by atomic mass is 9.92. The van der Waals surface area contributed by atoms with Gasteiger partial charge in [0, 0.05) is 50.1 Å². The molecule has 0 unspecified atom stereocenters. The molecular formula is C23H26N4O3. The summed E-state index contributed by atoms with van der Waals surface area (Å²) < 4.78 is 5.95. The van der Waals surface area contributed by atoms with Crippen LogP contribution >= 0.6 is 0 Å². The number of carboxylic acid groups (broad SMARTS) is 1. The first-order valence-electron chi connectivity index (χ1n) is 10.2. The lowest BCUT2D eigenvalue weighted by Gasteiger charge is -2.29. The minimum atomic E-state index is -0.962. The monoisotopic (exact) mass is 406 g/mol. The van der Waals surface area contributed by atoms with Gasteiger partial charge in [-0.25, -0.2) is 9.79 Å². The van der Waals surface area contributed by atoms with Gasteiger partial charge < -0.3 is 20.1 Å². The highest BCUT2D eigenvalue weighted by atomic mass is 16.5. The number of carboxylic acids is 1. The molecule has 0 bridgehead atoms. The van der Waals surface area contributed by atoms with Crippen LogP contribution in [0.2, 0.25) is 0 Å². The van der Waals surface area contributed by atoms with Crippen molar-refractivity contribution >= 4 is 23.2 Å². The molecule has 2 aliphatic heterocycles. The molecule has 2 aromatic rings. The number of pyridine rings is 1.